The molecule has 138 valence electrons. The molecule has 2 aromatic heterocycles. The first-order valence-corrected chi connectivity index (χ1v) is 9.50. The molecule has 26 heavy (non-hydrogen) atoms. The number of aryl methyl sites for hydroxylation is 4. The van der Waals surface area contributed by atoms with Gasteiger partial charge in [-0.1, -0.05) is 11.3 Å². The van der Waals surface area contributed by atoms with Gasteiger partial charge in [0.1, 0.15) is 0 Å². The van der Waals surface area contributed by atoms with Gasteiger partial charge in [0.15, 0.2) is 10.5 Å². The van der Waals surface area contributed by atoms with Crippen molar-refractivity contribution in [1.29, 1.82) is 0 Å². The molecule has 0 saturated carbocycles. The fourth-order valence-corrected chi connectivity index (χ4v) is 4.02. The van der Waals surface area contributed by atoms with E-state index in [0.717, 1.165) is 15.8 Å². The zero-order chi connectivity index (χ0) is 18.8. The average molecular weight is 372 g/mol. The van der Waals surface area contributed by atoms with Crippen LogP contribution in [0.3, 0.4) is 0 Å². The predicted octanol–water partition coefficient (Wildman–Crippen LogP) is 3.14. The third-order valence-corrected chi connectivity index (χ3v) is 5.41. The monoisotopic (exact) mass is 372 g/mol. The Morgan fingerprint density at radius 2 is 1.96 bits per heavy atom. The van der Waals surface area contributed by atoms with Crippen LogP contribution in [0.1, 0.15) is 34.1 Å². The molecular weight excluding hydrogens is 348 g/mol. The highest BCUT2D eigenvalue weighted by molar-refractivity contribution is 7.16. The molecule has 3 rings (SSSR count). The topological polar surface area (TPSA) is 61.4 Å². The molecule has 0 bridgehead atoms. The van der Waals surface area contributed by atoms with Crippen LogP contribution in [-0.4, -0.2) is 33.5 Å². The van der Waals surface area contributed by atoms with Crippen LogP contribution >= 0.6 is 11.3 Å². The second-order valence-corrected chi connectivity index (χ2v) is 7.40. The van der Waals surface area contributed by atoms with E-state index in [0.29, 0.717) is 30.3 Å². The van der Waals surface area contributed by atoms with Gasteiger partial charge < -0.3 is 9.30 Å². The SMILES string of the molecule is CCOCCn1c(=NC(=O)c2nn(C)cc2C)sc2cc(C)c(C)cc21. The van der Waals surface area contributed by atoms with Crippen molar-refractivity contribution in [2.75, 3.05) is 13.2 Å². The van der Waals surface area contributed by atoms with Crippen LogP contribution in [0.5, 0.6) is 0 Å². The summed E-state index contributed by atoms with van der Waals surface area (Å²) in [5, 5.41) is 4.24. The number of carbonyl (C=O) groups excluding carboxylic acids is 1. The van der Waals surface area contributed by atoms with Crippen LogP contribution in [0, 0.1) is 20.8 Å². The largest absolute Gasteiger partial charge is 0.380 e. The molecule has 0 saturated heterocycles. The lowest BCUT2D eigenvalue weighted by Gasteiger charge is -2.07. The average Bonchev–Trinajstić information content (AvgIpc) is 3.08. The third-order valence-electron chi connectivity index (χ3n) is 4.37. The van der Waals surface area contributed by atoms with Crippen molar-refractivity contribution >= 4 is 27.5 Å². The maximum Gasteiger partial charge on any atom is 0.300 e. The molecule has 0 radical (unpaired) electrons. The van der Waals surface area contributed by atoms with Crippen molar-refractivity contribution in [3.8, 4) is 0 Å². The van der Waals surface area contributed by atoms with Crippen LogP contribution in [0.4, 0.5) is 0 Å². The van der Waals surface area contributed by atoms with Crippen LogP contribution in [0.25, 0.3) is 10.2 Å². The van der Waals surface area contributed by atoms with Gasteiger partial charge in [-0.15, -0.1) is 0 Å². The number of aromatic nitrogens is 3. The minimum absolute atomic E-state index is 0.312. The molecule has 0 spiro atoms. The van der Waals surface area contributed by atoms with Gasteiger partial charge >= 0.3 is 0 Å². The molecule has 0 aliphatic rings. The Kier molecular flexibility index (Phi) is 5.38. The highest BCUT2D eigenvalue weighted by Crippen LogP contribution is 2.22. The predicted molar refractivity (Wildman–Crippen MR) is 104 cm³/mol. The quantitative estimate of drug-likeness (QED) is 0.647. The number of fused-ring (bicyclic) bond motifs is 1. The molecule has 6 nitrogen and oxygen atoms in total. The summed E-state index contributed by atoms with van der Waals surface area (Å²) in [5.41, 5.74) is 4.76. The molecule has 0 atom stereocenters. The second kappa shape index (κ2) is 7.55. The van der Waals surface area contributed by atoms with Gasteiger partial charge in [-0.25, -0.2) is 0 Å². The van der Waals surface area contributed by atoms with E-state index >= 15 is 0 Å². The number of rotatable bonds is 5. The van der Waals surface area contributed by atoms with E-state index in [2.05, 4.69) is 40.6 Å². The molecule has 3 aromatic rings. The van der Waals surface area contributed by atoms with Crippen molar-refractivity contribution in [2.24, 2.45) is 12.0 Å². The Balaban J connectivity index is 2.12. The highest BCUT2D eigenvalue weighted by Gasteiger charge is 2.14. The number of benzene rings is 1. The summed E-state index contributed by atoms with van der Waals surface area (Å²) in [5.74, 6) is -0.312. The molecule has 7 heteroatoms. The Bertz CT molecular complexity index is 1030. The fraction of sp³-hybridized carbons (Fsp3) is 0.421. The van der Waals surface area contributed by atoms with Gasteiger partial charge in [0.05, 0.1) is 16.8 Å². The Morgan fingerprint density at radius 1 is 1.23 bits per heavy atom. The van der Waals surface area contributed by atoms with Gasteiger partial charge in [-0.3, -0.25) is 9.48 Å². The van der Waals surface area contributed by atoms with Crippen molar-refractivity contribution in [3.05, 3.63) is 45.5 Å². The summed E-state index contributed by atoms with van der Waals surface area (Å²) in [6, 6.07) is 4.31. The smallest absolute Gasteiger partial charge is 0.300 e. The first kappa shape index (κ1) is 18.5. The number of amides is 1. The lowest BCUT2D eigenvalue weighted by Crippen LogP contribution is -2.20. The summed E-state index contributed by atoms with van der Waals surface area (Å²) in [6.45, 7) is 9.94. The van der Waals surface area contributed by atoms with E-state index in [1.54, 1.807) is 11.7 Å². The van der Waals surface area contributed by atoms with E-state index in [4.69, 9.17) is 4.74 Å². The third kappa shape index (κ3) is 3.64. The minimum Gasteiger partial charge on any atom is -0.380 e. The van der Waals surface area contributed by atoms with E-state index in [-0.39, 0.29) is 5.91 Å². The van der Waals surface area contributed by atoms with Gasteiger partial charge in [0.25, 0.3) is 5.91 Å². The summed E-state index contributed by atoms with van der Waals surface area (Å²) in [7, 11) is 1.80. The molecule has 0 fully saturated rings. The lowest BCUT2D eigenvalue weighted by atomic mass is 10.1. The van der Waals surface area contributed by atoms with Gasteiger partial charge in [-0.05, 0) is 51.0 Å². The van der Waals surface area contributed by atoms with Gasteiger partial charge in [0, 0.05) is 32.0 Å². The Morgan fingerprint density at radius 3 is 2.62 bits per heavy atom. The van der Waals surface area contributed by atoms with Crippen LogP contribution in [-0.2, 0) is 18.3 Å². The maximum atomic E-state index is 12.7. The Hall–Kier alpha value is -2.25. The van der Waals surface area contributed by atoms with Crippen LogP contribution in [0.15, 0.2) is 23.3 Å². The summed E-state index contributed by atoms with van der Waals surface area (Å²) in [6.07, 6.45) is 1.82. The number of hydrogen-bond donors (Lipinski definition) is 0. The number of hydrogen-bond acceptors (Lipinski definition) is 4. The molecule has 2 heterocycles. The summed E-state index contributed by atoms with van der Waals surface area (Å²) >= 11 is 1.53. The lowest BCUT2D eigenvalue weighted by molar-refractivity contribution is 0.0990. The number of thiazole rings is 1. The molecule has 1 aromatic carbocycles. The zero-order valence-corrected chi connectivity index (χ0v) is 16.7. The molecule has 1 amide bonds. The van der Waals surface area contributed by atoms with E-state index < -0.39 is 0 Å². The number of nitrogens with zero attached hydrogens (tertiary/aromatic N) is 4. The maximum absolute atomic E-state index is 12.7. The molecule has 0 unspecified atom stereocenters. The fourth-order valence-electron chi connectivity index (χ4n) is 2.88. The molecule has 0 aliphatic heterocycles. The zero-order valence-electron chi connectivity index (χ0n) is 15.9. The molecular formula is C19H24N4O2S. The second-order valence-electron chi connectivity index (χ2n) is 6.39. The van der Waals surface area contributed by atoms with E-state index in [9.17, 15) is 4.79 Å². The van der Waals surface area contributed by atoms with Gasteiger partial charge in [-0.2, -0.15) is 10.1 Å². The van der Waals surface area contributed by atoms with Crippen LogP contribution < -0.4 is 4.80 Å². The first-order chi connectivity index (χ1) is 12.4. The van der Waals surface area contributed by atoms with E-state index in [1.165, 1.54) is 22.5 Å². The first-order valence-electron chi connectivity index (χ1n) is 8.68. The summed E-state index contributed by atoms with van der Waals surface area (Å²) < 4.78 is 10.3. The van der Waals surface area contributed by atoms with Gasteiger partial charge in [0.2, 0.25) is 0 Å². The van der Waals surface area contributed by atoms with Crippen molar-refractivity contribution in [1.82, 2.24) is 14.3 Å². The molecule has 0 aliphatic carbocycles. The molecule has 0 N–H and O–H groups in total. The highest BCUT2D eigenvalue weighted by atomic mass is 32.1. The number of ether oxygens (including phenoxy) is 1. The van der Waals surface area contributed by atoms with Crippen molar-refractivity contribution in [3.63, 3.8) is 0 Å². The Labute approximate surface area is 156 Å². The minimum atomic E-state index is -0.312. The van der Waals surface area contributed by atoms with Crippen molar-refractivity contribution < 1.29 is 9.53 Å². The summed E-state index contributed by atoms with van der Waals surface area (Å²) in [4.78, 5) is 17.7. The number of carbonyl (C=O) groups is 1. The van der Waals surface area contributed by atoms with Crippen molar-refractivity contribution in [2.45, 2.75) is 34.2 Å². The van der Waals surface area contributed by atoms with E-state index in [1.807, 2.05) is 20.0 Å². The standard InChI is InChI=1S/C19H24N4O2S/c1-6-25-8-7-23-15-9-12(2)13(3)10-16(15)26-19(23)20-18(24)17-14(4)11-22(5)21-17/h9-11H,6-8H2,1-5H3. The normalized spacial score (nSPS) is 12.3. The van der Waals surface area contributed by atoms with Crippen LogP contribution in [0.2, 0.25) is 0 Å².